The first kappa shape index (κ1) is 10.8. The fourth-order valence-corrected chi connectivity index (χ4v) is 4.47. The van der Waals surface area contributed by atoms with Crippen molar-refractivity contribution in [2.24, 2.45) is 17.3 Å². The van der Waals surface area contributed by atoms with E-state index in [1.54, 1.807) is 5.57 Å². The van der Waals surface area contributed by atoms with Gasteiger partial charge in [-0.2, -0.15) is 0 Å². The maximum atomic E-state index is 10.9. The Morgan fingerprint density at radius 3 is 2.75 bits per heavy atom. The van der Waals surface area contributed by atoms with Crippen LogP contribution in [0.15, 0.2) is 11.6 Å². The minimum atomic E-state index is -0.334. The summed E-state index contributed by atoms with van der Waals surface area (Å²) in [5.41, 5.74) is 1.77. The molecule has 0 heterocycles. The molecule has 1 N–H and O–H groups in total. The maximum Gasteiger partial charge on any atom is 0.0684 e. The molecule has 3 aliphatic carbocycles. The first-order valence-corrected chi connectivity index (χ1v) is 6.92. The van der Waals surface area contributed by atoms with Gasteiger partial charge >= 0.3 is 0 Å². The molecule has 3 rings (SSSR count). The highest BCUT2D eigenvalue weighted by Gasteiger charge is 2.55. The molecule has 16 heavy (non-hydrogen) atoms. The lowest BCUT2D eigenvalue weighted by Gasteiger charge is -2.58. The van der Waals surface area contributed by atoms with Crippen LogP contribution in [0.1, 0.15) is 58.8 Å². The summed E-state index contributed by atoms with van der Waals surface area (Å²) >= 11 is 0. The highest BCUT2D eigenvalue weighted by atomic mass is 16.3. The van der Waals surface area contributed by atoms with Gasteiger partial charge in [0.1, 0.15) is 0 Å². The van der Waals surface area contributed by atoms with Gasteiger partial charge in [0, 0.05) is 0 Å². The molecule has 0 aromatic heterocycles. The van der Waals surface area contributed by atoms with E-state index in [1.165, 1.54) is 19.3 Å². The van der Waals surface area contributed by atoms with Crippen LogP contribution < -0.4 is 0 Å². The number of aliphatic hydroxyl groups is 1. The molecule has 0 aromatic carbocycles. The Labute approximate surface area is 98.9 Å². The summed E-state index contributed by atoms with van der Waals surface area (Å²) < 4.78 is 0. The summed E-state index contributed by atoms with van der Waals surface area (Å²) in [6, 6.07) is 0. The van der Waals surface area contributed by atoms with Crippen molar-refractivity contribution in [1.82, 2.24) is 0 Å². The van der Waals surface area contributed by atoms with E-state index in [2.05, 4.69) is 19.9 Å². The van der Waals surface area contributed by atoms with Crippen molar-refractivity contribution in [3.8, 4) is 0 Å². The average molecular weight is 220 g/mol. The van der Waals surface area contributed by atoms with Crippen LogP contribution in [0.3, 0.4) is 0 Å². The van der Waals surface area contributed by atoms with Crippen LogP contribution in [0, 0.1) is 17.3 Å². The van der Waals surface area contributed by atoms with Crippen molar-refractivity contribution in [3.05, 3.63) is 11.6 Å². The van der Waals surface area contributed by atoms with Gasteiger partial charge in [-0.05, 0) is 62.2 Å². The molecule has 0 radical (unpaired) electrons. The van der Waals surface area contributed by atoms with Gasteiger partial charge in [0.25, 0.3) is 0 Å². The van der Waals surface area contributed by atoms with Crippen LogP contribution in [0.4, 0.5) is 0 Å². The normalized spacial score (nSPS) is 45.8. The summed E-state index contributed by atoms with van der Waals surface area (Å²) in [5, 5.41) is 10.9. The van der Waals surface area contributed by atoms with Crippen molar-refractivity contribution >= 4 is 0 Å². The van der Waals surface area contributed by atoms with Gasteiger partial charge in [-0.1, -0.05) is 25.5 Å². The second-order valence-corrected chi connectivity index (χ2v) is 6.95. The van der Waals surface area contributed by atoms with Crippen molar-refractivity contribution in [2.45, 2.75) is 64.4 Å². The second-order valence-electron chi connectivity index (χ2n) is 6.95. The zero-order chi connectivity index (χ0) is 11.4. The quantitative estimate of drug-likeness (QED) is 0.617. The molecular weight excluding hydrogens is 196 g/mol. The van der Waals surface area contributed by atoms with Crippen LogP contribution >= 0.6 is 0 Å². The third kappa shape index (κ3) is 1.48. The lowest BCUT2D eigenvalue weighted by atomic mass is 9.48. The molecule has 0 aliphatic heterocycles. The van der Waals surface area contributed by atoms with Crippen LogP contribution in [-0.2, 0) is 0 Å². The van der Waals surface area contributed by atoms with Crippen molar-refractivity contribution in [2.75, 3.05) is 0 Å². The molecule has 2 saturated carbocycles. The molecule has 1 heteroatoms. The molecule has 0 spiro atoms. The zero-order valence-electron chi connectivity index (χ0n) is 10.6. The lowest BCUT2D eigenvalue weighted by molar-refractivity contribution is -0.156. The third-order valence-electron chi connectivity index (χ3n) is 5.59. The molecule has 3 aliphatic rings. The van der Waals surface area contributed by atoms with Crippen LogP contribution in [0.25, 0.3) is 0 Å². The SMILES string of the molecule is CC1(C)CC2C1CCC1=CCCC2(O)CC1. The molecule has 3 atom stereocenters. The van der Waals surface area contributed by atoms with E-state index < -0.39 is 0 Å². The summed E-state index contributed by atoms with van der Waals surface area (Å²) in [5.74, 6) is 1.36. The van der Waals surface area contributed by atoms with Gasteiger partial charge in [-0.25, -0.2) is 0 Å². The molecule has 2 bridgehead atoms. The highest BCUT2D eigenvalue weighted by Crippen LogP contribution is 2.60. The topological polar surface area (TPSA) is 20.2 Å². The van der Waals surface area contributed by atoms with Gasteiger partial charge in [-0.3, -0.25) is 0 Å². The predicted octanol–water partition coefficient (Wildman–Crippen LogP) is 3.67. The molecule has 0 saturated heterocycles. The molecule has 0 amide bonds. The third-order valence-corrected chi connectivity index (χ3v) is 5.59. The average Bonchev–Trinajstić information content (AvgIpc) is 2.35. The van der Waals surface area contributed by atoms with Crippen molar-refractivity contribution in [1.29, 1.82) is 0 Å². The predicted molar refractivity (Wildman–Crippen MR) is 66.1 cm³/mol. The molecule has 2 fully saturated rings. The van der Waals surface area contributed by atoms with Crippen molar-refractivity contribution < 1.29 is 5.11 Å². The largest absolute Gasteiger partial charge is 0.390 e. The van der Waals surface area contributed by atoms with E-state index >= 15 is 0 Å². The molecule has 0 aromatic rings. The van der Waals surface area contributed by atoms with Gasteiger partial charge in [0.15, 0.2) is 0 Å². The van der Waals surface area contributed by atoms with Crippen molar-refractivity contribution in [3.63, 3.8) is 0 Å². The first-order chi connectivity index (χ1) is 7.51. The minimum absolute atomic E-state index is 0.334. The lowest BCUT2D eigenvalue weighted by Crippen LogP contribution is -2.56. The molecule has 3 unspecified atom stereocenters. The Hall–Kier alpha value is -0.300. The maximum absolute atomic E-state index is 10.9. The van der Waals surface area contributed by atoms with Crippen LogP contribution in [0.2, 0.25) is 0 Å². The zero-order valence-corrected chi connectivity index (χ0v) is 10.6. The van der Waals surface area contributed by atoms with Gasteiger partial charge < -0.3 is 5.11 Å². The highest BCUT2D eigenvalue weighted by molar-refractivity contribution is 5.15. The van der Waals surface area contributed by atoms with E-state index in [0.717, 1.165) is 31.6 Å². The van der Waals surface area contributed by atoms with Gasteiger partial charge in [-0.15, -0.1) is 0 Å². The summed E-state index contributed by atoms with van der Waals surface area (Å²) in [6.07, 6.45) is 10.5. The molecule has 90 valence electrons. The minimum Gasteiger partial charge on any atom is -0.390 e. The first-order valence-electron chi connectivity index (χ1n) is 6.92. The number of hydrogen-bond acceptors (Lipinski definition) is 1. The number of rotatable bonds is 0. The Morgan fingerprint density at radius 1 is 1.19 bits per heavy atom. The Bertz CT molecular complexity index is 328. The van der Waals surface area contributed by atoms with E-state index in [4.69, 9.17) is 0 Å². The second kappa shape index (κ2) is 3.35. The van der Waals surface area contributed by atoms with Gasteiger partial charge in [0.2, 0.25) is 0 Å². The Kier molecular flexibility index (Phi) is 2.27. The van der Waals surface area contributed by atoms with Crippen LogP contribution in [-0.4, -0.2) is 10.7 Å². The summed E-state index contributed by atoms with van der Waals surface area (Å²) in [6.45, 7) is 4.77. The monoisotopic (exact) mass is 220 g/mol. The summed E-state index contributed by atoms with van der Waals surface area (Å²) in [7, 11) is 0. The summed E-state index contributed by atoms with van der Waals surface area (Å²) in [4.78, 5) is 0. The fraction of sp³-hybridized carbons (Fsp3) is 0.867. The van der Waals surface area contributed by atoms with E-state index in [-0.39, 0.29) is 5.60 Å². The number of allylic oxidation sites excluding steroid dienone is 2. The number of hydrogen-bond donors (Lipinski definition) is 1. The standard InChI is InChI=1S/C15H24O/c1-14(2)10-13-12(14)6-5-11-4-3-8-15(13,16)9-7-11/h4,12-13,16H,3,5-10H2,1-2H3. The Balaban J connectivity index is 1.91. The van der Waals surface area contributed by atoms with E-state index in [9.17, 15) is 5.11 Å². The smallest absolute Gasteiger partial charge is 0.0684 e. The van der Waals surface area contributed by atoms with E-state index in [1.807, 2.05) is 0 Å². The van der Waals surface area contributed by atoms with Crippen LogP contribution in [0.5, 0.6) is 0 Å². The van der Waals surface area contributed by atoms with Gasteiger partial charge in [0.05, 0.1) is 5.60 Å². The molecular formula is C15H24O. The fourth-order valence-electron chi connectivity index (χ4n) is 4.47. The number of fused-ring (bicyclic) bond motifs is 5. The molecule has 1 nitrogen and oxygen atoms in total. The Morgan fingerprint density at radius 2 is 2.00 bits per heavy atom. The van der Waals surface area contributed by atoms with E-state index in [0.29, 0.717) is 11.3 Å².